The molecule has 2 N–H and O–H groups in total. The zero-order valence-electron chi connectivity index (χ0n) is 12.7. The highest BCUT2D eigenvalue weighted by molar-refractivity contribution is 8.00. The van der Waals surface area contributed by atoms with Crippen LogP contribution in [0.25, 0.3) is 0 Å². The standard InChI is InChI=1S/C16H26N2OS/c1-4-9-17-12-14-7-6-8-15(11-14)20-13(3)16(19)18-10-5-2/h6-8,11,13,17H,4-5,9-10,12H2,1-3H3,(H,18,19). The lowest BCUT2D eigenvalue weighted by Gasteiger charge is -2.12. The van der Waals surface area contributed by atoms with E-state index in [1.54, 1.807) is 11.8 Å². The number of thioether (sulfide) groups is 1. The van der Waals surface area contributed by atoms with Gasteiger partial charge in [-0.1, -0.05) is 26.0 Å². The van der Waals surface area contributed by atoms with Gasteiger partial charge in [0, 0.05) is 18.0 Å². The van der Waals surface area contributed by atoms with Crippen LogP contribution in [-0.2, 0) is 11.3 Å². The van der Waals surface area contributed by atoms with Crippen LogP contribution in [0.15, 0.2) is 29.2 Å². The molecule has 1 unspecified atom stereocenters. The fourth-order valence-electron chi connectivity index (χ4n) is 1.79. The Bertz CT molecular complexity index is 409. The van der Waals surface area contributed by atoms with E-state index in [1.165, 1.54) is 5.56 Å². The highest BCUT2D eigenvalue weighted by atomic mass is 32.2. The SMILES string of the molecule is CCCNCc1cccc(SC(C)C(=O)NCCC)c1. The van der Waals surface area contributed by atoms with Crippen LogP contribution in [0.2, 0.25) is 0 Å². The molecule has 1 atom stereocenters. The maximum Gasteiger partial charge on any atom is 0.233 e. The number of carbonyl (C=O) groups is 1. The molecule has 1 aromatic rings. The van der Waals surface area contributed by atoms with Gasteiger partial charge in [-0.3, -0.25) is 4.79 Å². The maximum atomic E-state index is 11.9. The fourth-order valence-corrected chi connectivity index (χ4v) is 2.76. The Labute approximate surface area is 126 Å². The molecule has 0 radical (unpaired) electrons. The van der Waals surface area contributed by atoms with Crippen molar-refractivity contribution in [3.63, 3.8) is 0 Å². The van der Waals surface area contributed by atoms with Gasteiger partial charge in [0.15, 0.2) is 0 Å². The number of amides is 1. The Balaban J connectivity index is 2.50. The molecule has 20 heavy (non-hydrogen) atoms. The molecule has 0 saturated carbocycles. The Hall–Kier alpha value is -1.00. The summed E-state index contributed by atoms with van der Waals surface area (Å²) in [5.74, 6) is 0.117. The normalized spacial score (nSPS) is 12.2. The van der Waals surface area contributed by atoms with Gasteiger partial charge in [0.05, 0.1) is 5.25 Å². The van der Waals surface area contributed by atoms with E-state index >= 15 is 0 Å². The first-order valence-electron chi connectivity index (χ1n) is 7.41. The first kappa shape index (κ1) is 17.1. The number of benzene rings is 1. The molecular formula is C16H26N2OS. The van der Waals surface area contributed by atoms with E-state index in [0.29, 0.717) is 0 Å². The number of nitrogens with one attached hydrogen (secondary N) is 2. The minimum absolute atomic E-state index is 0.0552. The van der Waals surface area contributed by atoms with Gasteiger partial charge < -0.3 is 10.6 Å². The lowest BCUT2D eigenvalue weighted by atomic mass is 10.2. The molecule has 112 valence electrons. The average Bonchev–Trinajstić information content (AvgIpc) is 2.45. The second-order valence-electron chi connectivity index (χ2n) is 4.88. The monoisotopic (exact) mass is 294 g/mol. The fraction of sp³-hybridized carbons (Fsp3) is 0.562. The first-order chi connectivity index (χ1) is 9.67. The van der Waals surface area contributed by atoms with Crippen molar-refractivity contribution in [1.29, 1.82) is 0 Å². The molecule has 1 aromatic carbocycles. The summed E-state index contributed by atoms with van der Waals surface area (Å²) in [5, 5.41) is 6.28. The van der Waals surface area contributed by atoms with E-state index in [4.69, 9.17) is 0 Å². The van der Waals surface area contributed by atoms with Crippen molar-refractivity contribution >= 4 is 17.7 Å². The number of hydrogen-bond acceptors (Lipinski definition) is 3. The van der Waals surface area contributed by atoms with Crippen molar-refractivity contribution in [2.75, 3.05) is 13.1 Å². The summed E-state index contributed by atoms with van der Waals surface area (Å²) in [4.78, 5) is 13.0. The van der Waals surface area contributed by atoms with Gasteiger partial charge in [-0.15, -0.1) is 11.8 Å². The van der Waals surface area contributed by atoms with Gasteiger partial charge in [-0.05, 0) is 44.0 Å². The quantitative estimate of drug-likeness (QED) is 0.543. The molecule has 0 heterocycles. The maximum absolute atomic E-state index is 11.9. The summed E-state index contributed by atoms with van der Waals surface area (Å²) in [5.41, 5.74) is 1.27. The van der Waals surface area contributed by atoms with Crippen molar-refractivity contribution < 1.29 is 4.79 Å². The van der Waals surface area contributed by atoms with Crippen LogP contribution in [0.3, 0.4) is 0 Å². The van der Waals surface area contributed by atoms with E-state index in [2.05, 4.69) is 48.7 Å². The van der Waals surface area contributed by atoms with Crippen LogP contribution in [-0.4, -0.2) is 24.2 Å². The van der Waals surface area contributed by atoms with E-state index in [1.807, 2.05) is 6.92 Å². The Morgan fingerprint density at radius 1 is 1.25 bits per heavy atom. The van der Waals surface area contributed by atoms with Crippen molar-refractivity contribution in [2.45, 2.75) is 50.3 Å². The Morgan fingerprint density at radius 2 is 2.00 bits per heavy atom. The lowest BCUT2D eigenvalue weighted by molar-refractivity contribution is -0.120. The van der Waals surface area contributed by atoms with Crippen LogP contribution < -0.4 is 10.6 Å². The van der Waals surface area contributed by atoms with Gasteiger partial charge in [0.1, 0.15) is 0 Å². The third kappa shape index (κ3) is 6.44. The second-order valence-corrected chi connectivity index (χ2v) is 6.29. The van der Waals surface area contributed by atoms with Gasteiger partial charge in [0.25, 0.3) is 0 Å². The first-order valence-corrected chi connectivity index (χ1v) is 8.29. The topological polar surface area (TPSA) is 41.1 Å². The zero-order valence-corrected chi connectivity index (χ0v) is 13.6. The minimum Gasteiger partial charge on any atom is -0.355 e. The van der Waals surface area contributed by atoms with Crippen molar-refractivity contribution in [3.05, 3.63) is 29.8 Å². The van der Waals surface area contributed by atoms with E-state index < -0.39 is 0 Å². The van der Waals surface area contributed by atoms with Crippen LogP contribution in [0.1, 0.15) is 39.2 Å². The summed E-state index contributed by atoms with van der Waals surface area (Å²) >= 11 is 1.62. The molecule has 0 saturated heterocycles. The molecule has 1 amide bonds. The molecule has 0 aliphatic carbocycles. The van der Waals surface area contributed by atoms with E-state index in [9.17, 15) is 4.79 Å². The summed E-state index contributed by atoms with van der Waals surface area (Å²) in [6, 6.07) is 8.41. The van der Waals surface area contributed by atoms with Gasteiger partial charge in [-0.25, -0.2) is 0 Å². The molecule has 0 aliphatic heterocycles. The molecule has 0 spiro atoms. The summed E-state index contributed by atoms with van der Waals surface area (Å²) in [7, 11) is 0. The Morgan fingerprint density at radius 3 is 2.70 bits per heavy atom. The van der Waals surface area contributed by atoms with E-state index in [-0.39, 0.29) is 11.2 Å². The summed E-state index contributed by atoms with van der Waals surface area (Å²) < 4.78 is 0. The number of hydrogen-bond donors (Lipinski definition) is 2. The van der Waals surface area contributed by atoms with Gasteiger partial charge >= 0.3 is 0 Å². The molecule has 0 bridgehead atoms. The summed E-state index contributed by atoms with van der Waals surface area (Å²) in [6.07, 6.45) is 2.12. The molecule has 3 nitrogen and oxygen atoms in total. The van der Waals surface area contributed by atoms with Crippen LogP contribution in [0, 0.1) is 0 Å². The van der Waals surface area contributed by atoms with Gasteiger partial charge in [0.2, 0.25) is 5.91 Å². The lowest BCUT2D eigenvalue weighted by Crippen LogP contribution is -2.31. The Kier molecular flexibility index (Phi) is 8.38. The second kappa shape index (κ2) is 9.83. The zero-order chi connectivity index (χ0) is 14.8. The predicted octanol–water partition coefficient (Wildman–Crippen LogP) is 3.19. The number of rotatable bonds is 9. The summed E-state index contributed by atoms with van der Waals surface area (Å²) in [6.45, 7) is 8.86. The van der Waals surface area contributed by atoms with Crippen molar-refractivity contribution in [1.82, 2.24) is 10.6 Å². The highest BCUT2D eigenvalue weighted by Crippen LogP contribution is 2.24. The largest absolute Gasteiger partial charge is 0.355 e. The number of carbonyl (C=O) groups excluding carboxylic acids is 1. The molecule has 0 aromatic heterocycles. The predicted molar refractivity (Wildman–Crippen MR) is 87.1 cm³/mol. The molecular weight excluding hydrogens is 268 g/mol. The van der Waals surface area contributed by atoms with Crippen molar-refractivity contribution in [3.8, 4) is 0 Å². The minimum atomic E-state index is -0.0552. The molecule has 0 fully saturated rings. The average molecular weight is 294 g/mol. The molecule has 0 aliphatic rings. The third-order valence-electron chi connectivity index (χ3n) is 2.89. The third-order valence-corrected chi connectivity index (χ3v) is 3.98. The smallest absolute Gasteiger partial charge is 0.233 e. The highest BCUT2D eigenvalue weighted by Gasteiger charge is 2.13. The van der Waals surface area contributed by atoms with Crippen LogP contribution in [0.4, 0.5) is 0 Å². The van der Waals surface area contributed by atoms with Gasteiger partial charge in [-0.2, -0.15) is 0 Å². The molecule has 1 rings (SSSR count). The van der Waals surface area contributed by atoms with Crippen LogP contribution >= 0.6 is 11.8 Å². The van der Waals surface area contributed by atoms with Crippen molar-refractivity contribution in [2.24, 2.45) is 0 Å². The molecule has 4 heteroatoms. The van der Waals surface area contributed by atoms with E-state index in [0.717, 1.165) is 37.4 Å². The van der Waals surface area contributed by atoms with Crippen LogP contribution in [0.5, 0.6) is 0 Å².